The average molecular weight is 377 g/mol. The van der Waals surface area contributed by atoms with Crippen LogP contribution in [0.2, 0.25) is 0 Å². The second-order valence-corrected chi connectivity index (χ2v) is 7.43. The number of aryl methyl sites for hydroxylation is 1. The van der Waals surface area contributed by atoms with Crippen molar-refractivity contribution < 1.29 is 4.79 Å². The second-order valence-electron chi connectivity index (χ2n) is 7.43. The number of rotatable bonds is 4. The number of nitrogens with zero attached hydrogens (tertiary/aromatic N) is 4. The molecule has 0 saturated carbocycles. The Bertz CT molecular complexity index is 984. The summed E-state index contributed by atoms with van der Waals surface area (Å²) in [4.78, 5) is 20.8. The molecule has 0 atom stereocenters. The van der Waals surface area contributed by atoms with E-state index in [0.717, 1.165) is 67.4 Å². The highest BCUT2D eigenvalue weighted by Gasteiger charge is 2.22. The quantitative estimate of drug-likeness (QED) is 0.759. The minimum atomic E-state index is 0.152. The van der Waals surface area contributed by atoms with Crippen molar-refractivity contribution in [3.63, 3.8) is 0 Å². The fourth-order valence-electron chi connectivity index (χ4n) is 3.82. The normalized spacial score (nSPS) is 15.3. The van der Waals surface area contributed by atoms with Gasteiger partial charge >= 0.3 is 0 Å². The van der Waals surface area contributed by atoms with Crippen LogP contribution in [-0.4, -0.2) is 51.3 Å². The van der Waals surface area contributed by atoms with Crippen LogP contribution < -0.4 is 5.73 Å². The molecule has 1 aromatic carbocycles. The molecule has 0 spiro atoms. The maximum Gasteiger partial charge on any atom is 0.219 e. The van der Waals surface area contributed by atoms with Crippen molar-refractivity contribution in [2.45, 2.75) is 26.8 Å². The Labute approximate surface area is 165 Å². The number of piperazine rings is 1. The van der Waals surface area contributed by atoms with Crippen LogP contribution in [0.25, 0.3) is 16.9 Å². The number of aromatic nitrogens is 2. The van der Waals surface area contributed by atoms with Crippen molar-refractivity contribution in [2.75, 3.05) is 31.9 Å². The van der Waals surface area contributed by atoms with E-state index >= 15 is 0 Å². The lowest BCUT2D eigenvalue weighted by molar-refractivity contribution is -0.130. The number of benzene rings is 1. The number of pyridine rings is 1. The molecule has 1 saturated heterocycles. The molecule has 4 rings (SSSR count). The summed E-state index contributed by atoms with van der Waals surface area (Å²) in [6, 6.07) is 12.5. The molecule has 0 unspecified atom stereocenters. The monoisotopic (exact) mass is 377 g/mol. The number of hydrogen-bond donors (Lipinski definition) is 1. The van der Waals surface area contributed by atoms with Crippen LogP contribution in [0.15, 0.2) is 42.6 Å². The van der Waals surface area contributed by atoms with Gasteiger partial charge in [0.15, 0.2) is 0 Å². The van der Waals surface area contributed by atoms with Crippen LogP contribution in [0.1, 0.15) is 25.1 Å². The highest BCUT2D eigenvalue weighted by atomic mass is 16.2. The van der Waals surface area contributed by atoms with Gasteiger partial charge in [-0.2, -0.15) is 0 Å². The van der Waals surface area contributed by atoms with Gasteiger partial charge in [0.25, 0.3) is 0 Å². The molecule has 1 aliphatic heterocycles. The first-order chi connectivity index (χ1) is 13.5. The van der Waals surface area contributed by atoms with Crippen LogP contribution in [0.4, 0.5) is 5.69 Å². The van der Waals surface area contributed by atoms with Crippen molar-refractivity contribution in [1.29, 1.82) is 0 Å². The van der Waals surface area contributed by atoms with E-state index in [1.54, 1.807) is 6.92 Å². The maximum absolute atomic E-state index is 11.6. The van der Waals surface area contributed by atoms with Gasteiger partial charge in [-0.3, -0.25) is 9.69 Å². The molecule has 1 fully saturated rings. The lowest BCUT2D eigenvalue weighted by Gasteiger charge is -2.34. The minimum absolute atomic E-state index is 0.152. The van der Waals surface area contributed by atoms with Crippen LogP contribution in [-0.2, 0) is 17.8 Å². The van der Waals surface area contributed by atoms with Crippen molar-refractivity contribution in [1.82, 2.24) is 19.2 Å². The van der Waals surface area contributed by atoms with E-state index in [1.165, 1.54) is 5.56 Å². The van der Waals surface area contributed by atoms with E-state index in [0.29, 0.717) is 0 Å². The Hall–Kier alpha value is -2.86. The molecule has 0 bridgehead atoms. The van der Waals surface area contributed by atoms with Crippen molar-refractivity contribution in [3.8, 4) is 11.3 Å². The zero-order valence-electron chi connectivity index (χ0n) is 16.6. The van der Waals surface area contributed by atoms with Crippen LogP contribution in [0.5, 0.6) is 0 Å². The predicted molar refractivity (Wildman–Crippen MR) is 112 cm³/mol. The van der Waals surface area contributed by atoms with E-state index in [-0.39, 0.29) is 5.91 Å². The standard InChI is InChI=1S/C22H27N5O/c1-3-17-4-6-18(7-5-17)22-20(27-14-19(23)8-9-21(27)24-22)15-25-10-12-26(13-11-25)16(2)28/h4-9,14H,3,10-13,15,23H2,1-2H3. The molecular weight excluding hydrogens is 350 g/mol. The Balaban J connectivity index is 1.68. The van der Waals surface area contributed by atoms with E-state index < -0.39 is 0 Å². The van der Waals surface area contributed by atoms with Crippen LogP contribution >= 0.6 is 0 Å². The van der Waals surface area contributed by atoms with Gasteiger partial charge in [-0.1, -0.05) is 31.2 Å². The number of nitrogens with two attached hydrogens (primary N) is 1. The van der Waals surface area contributed by atoms with Gasteiger partial charge in [0.1, 0.15) is 5.65 Å². The summed E-state index contributed by atoms with van der Waals surface area (Å²) in [7, 11) is 0. The van der Waals surface area contributed by atoms with Gasteiger partial charge in [0.2, 0.25) is 5.91 Å². The zero-order valence-corrected chi connectivity index (χ0v) is 16.6. The highest BCUT2D eigenvalue weighted by Crippen LogP contribution is 2.27. The first-order valence-corrected chi connectivity index (χ1v) is 9.89. The van der Waals surface area contributed by atoms with Crippen molar-refractivity contribution in [2.24, 2.45) is 0 Å². The Kier molecular flexibility index (Phi) is 5.05. The second kappa shape index (κ2) is 7.64. The number of carbonyl (C=O) groups is 1. The fourth-order valence-corrected chi connectivity index (χ4v) is 3.82. The molecule has 1 amide bonds. The molecule has 28 heavy (non-hydrogen) atoms. The third-order valence-corrected chi connectivity index (χ3v) is 5.57. The lowest BCUT2D eigenvalue weighted by atomic mass is 10.1. The van der Waals surface area contributed by atoms with Crippen LogP contribution in [0, 0.1) is 0 Å². The number of amides is 1. The number of anilines is 1. The first-order valence-electron chi connectivity index (χ1n) is 9.89. The number of nitrogen functional groups attached to an aromatic ring is 1. The number of hydrogen-bond acceptors (Lipinski definition) is 4. The lowest BCUT2D eigenvalue weighted by Crippen LogP contribution is -2.47. The molecule has 6 heteroatoms. The summed E-state index contributed by atoms with van der Waals surface area (Å²) in [5, 5.41) is 0. The molecule has 146 valence electrons. The van der Waals surface area contributed by atoms with Gasteiger partial charge in [0.05, 0.1) is 11.4 Å². The zero-order chi connectivity index (χ0) is 19.7. The molecule has 0 radical (unpaired) electrons. The SMILES string of the molecule is CCc1ccc(-c2nc3ccc(N)cn3c2CN2CCN(C(C)=O)CC2)cc1. The summed E-state index contributed by atoms with van der Waals surface area (Å²) in [5.74, 6) is 0.152. The smallest absolute Gasteiger partial charge is 0.219 e. The van der Waals surface area contributed by atoms with Crippen LogP contribution in [0.3, 0.4) is 0 Å². The Morgan fingerprint density at radius 1 is 1.07 bits per heavy atom. The topological polar surface area (TPSA) is 66.9 Å². The summed E-state index contributed by atoms with van der Waals surface area (Å²) in [5.41, 5.74) is 12.3. The Morgan fingerprint density at radius 2 is 1.79 bits per heavy atom. The molecule has 1 aliphatic rings. The van der Waals surface area contributed by atoms with Gasteiger partial charge in [-0.05, 0) is 24.1 Å². The first kappa shape index (κ1) is 18.5. The molecular formula is C22H27N5O. The number of fused-ring (bicyclic) bond motifs is 1. The molecule has 6 nitrogen and oxygen atoms in total. The van der Waals surface area contributed by atoms with Gasteiger partial charge < -0.3 is 15.0 Å². The van der Waals surface area contributed by atoms with Crippen molar-refractivity contribution in [3.05, 3.63) is 53.9 Å². The number of imidazole rings is 1. The molecule has 2 aromatic heterocycles. The third-order valence-electron chi connectivity index (χ3n) is 5.57. The summed E-state index contributed by atoms with van der Waals surface area (Å²) in [6.07, 6.45) is 2.97. The minimum Gasteiger partial charge on any atom is -0.398 e. The fraction of sp³-hybridized carbons (Fsp3) is 0.364. The maximum atomic E-state index is 11.6. The summed E-state index contributed by atoms with van der Waals surface area (Å²) >= 11 is 0. The van der Waals surface area contributed by atoms with Crippen molar-refractivity contribution >= 4 is 17.2 Å². The summed E-state index contributed by atoms with van der Waals surface area (Å²) in [6.45, 7) is 7.85. The molecule has 2 N–H and O–H groups in total. The van der Waals surface area contributed by atoms with E-state index in [2.05, 4.69) is 40.5 Å². The largest absolute Gasteiger partial charge is 0.398 e. The van der Waals surface area contributed by atoms with E-state index in [4.69, 9.17) is 10.7 Å². The molecule has 3 aromatic rings. The predicted octanol–water partition coefficient (Wildman–Crippen LogP) is 2.81. The molecule has 0 aliphatic carbocycles. The van der Waals surface area contributed by atoms with Gasteiger partial charge in [-0.25, -0.2) is 4.98 Å². The number of carbonyl (C=O) groups excluding carboxylic acids is 1. The van der Waals surface area contributed by atoms with E-state index in [9.17, 15) is 4.79 Å². The average Bonchev–Trinajstić information content (AvgIpc) is 3.06. The summed E-state index contributed by atoms with van der Waals surface area (Å²) < 4.78 is 2.11. The highest BCUT2D eigenvalue weighted by molar-refractivity contribution is 5.73. The third kappa shape index (κ3) is 3.60. The van der Waals surface area contributed by atoms with Gasteiger partial charge in [0, 0.05) is 57.1 Å². The van der Waals surface area contributed by atoms with E-state index in [1.807, 2.05) is 23.2 Å². The Morgan fingerprint density at radius 3 is 2.43 bits per heavy atom. The molecule has 3 heterocycles. The van der Waals surface area contributed by atoms with Gasteiger partial charge in [-0.15, -0.1) is 0 Å².